The van der Waals surface area contributed by atoms with Gasteiger partial charge in [0.2, 0.25) is 0 Å². The van der Waals surface area contributed by atoms with Gasteiger partial charge >= 0.3 is 0 Å². The first-order valence-corrected chi connectivity index (χ1v) is 11.0. The van der Waals surface area contributed by atoms with E-state index in [-0.39, 0.29) is 18.4 Å². The molecule has 1 aromatic heterocycles. The molecule has 0 aliphatic rings. The molecule has 0 unspecified atom stereocenters. The standard InChI is InChI=1S/C25H22BrN3O3/c26-18-9-11-19(12-10-18)29-24(30)16-32-23-8-4-2-6-21(23)25(31)27-14-13-17-15-28-22-7-3-1-5-20(17)22/h1-12,15,28H,13-14,16H2,(H,27,31)(H,29,30). The van der Waals surface area contributed by atoms with Gasteiger partial charge in [0.1, 0.15) is 5.75 Å². The van der Waals surface area contributed by atoms with E-state index in [4.69, 9.17) is 4.74 Å². The fourth-order valence-corrected chi connectivity index (χ4v) is 3.66. The second-order valence-corrected chi connectivity index (χ2v) is 8.12. The van der Waals surface area contributed by atoms with Gasteiger partial charge in [-0.3, -0.25) is 9.59 Å². The lowest BCUT2D eigenvalue weighted by Crippen LogP contribution is -2.27. The van der Waals surface area contributed by atoms with Crippen LogP contribution in [0.1, 0.15) is 15.9 Å². The summed E-state index contributed by atoms with van der Waals surface area (Å²) < 4.78 is 6.57. The number of carbonyl (C=O) groups excluding carboxylic acids is 2. The van der Waals surface area contributed by atoms with Crippen molar-refractivity contribution in [2.75, 3.05) is 18.5 Å². The first-order valence-electron chi connectivity index (χ1n) is 10.2. The predicted molar refractivity (Wildman–Crippen MR) is 129 cm³/mol. The summed E-state index contributed by atoms with van der Waals surface area (Å²) in [5.74, 6) is -0.182. The number of para-hydroxylation sites is 2. The van der Waals surface area contributed by atoms with Crippen molar-refractivity contribution < 1.29 is 14.3 Å². The van der Waals surface area contributed by atoms with Crippen LogP contribution in [0.3, 0.4) is 0 Å². The Kier molecular flexibility index (Phi) is 6.87. The molecule has 0 atom stereocenters. The smallest absolute Gasteiger partial charge is 0.262 e. The van der Waals surface area contributed by atoms with Crippen LogP contribution in [0, 0.1) is 0 Å². The molecule has 0 saturated carbocycles. The zero-order chi connectivity index (χ0) is 22.3. The zero-order valence-corrected chi connectivity index (χ0v) is 18.8. The first kappa shape index (κ1) is 21.6. The Bertz CT molecular complexity index is 1230. The van der Waals surface area contributed by atoms with Crippen molar-refractivity contribution >= 4 is 44.3 Å². The van der Waals surface area contributed by atoms with E-state index in [0.29, 0.717) is 30.0 Å². The minimum absolute atomic E-state index is 0.199. The summed E-state index contributed by atoms with van der Waals surface area (Å²) in [5, 5.41) is 6.86. The van der Waals surface area contributed by atoms with Gasteiger partial charge in [0.25, 0.3) is 11.8 Å². The molecule has 32 heavy (non-hydrogen) atoms. The number of benzene rings is 3. The third-order valence-corrected chi connectivity index (χ3v) is 5.50. The highest BCUT2D eigenvalue weighted by molar-refractivity contribution is 9.10. The summed E-state index contributed by atoms with van der Waals surface area (Å²) in [6.45, 7) is 0.286. The number of aromatic amines is 1. The Hall–Kier alpha value is -3.58. The number of aromatic nitrogens is 1. The maximum absolute atomic E-state index is 12.7. The third-order valence-electron chi connectivity index (χ3n) is 4.97. The monoisotopic (exact) mass is 491 g/mol. The van der Waals surface area contributed by atoms with E-state index in [1.807, 2.05) is 36.5 Å². The van der Waals surface area contributed by atoms with E-state index in [0.717, 1.165) is 20.9 Å². The average molecular weight is 492 g/mol. The minimum atomic E-state index is -0.304. The van der Waals surface area contributed by atoms with Crippen LogP contribution in [0.5, 0.6) is 5.75 Å². The van der Waals surface area contributed by atoms with Crippen molar-refractivity contribution in [3.05, 3.63) is 94.6 Å². The minimum Gasteiger partial charge on any atom is -0.483 e. The Morgan fingerprint density at radius 3 is 2.53 bits per heavy atom. The number of anilines is 1. The summed E-state index contributed by atoms with van der Waals surface area (Å²) in [6, 6.07) is 22.2. The van der Waals surface area contributed by atoms with E-state index < -0.39 is 0 Å². The second-order valence-electron chi connectivity index (χ2n) is 7.21. The van der Waals surface area contributed by atoms with E-state index in [1.165, 1.54) is 0 Å². The molecule has 4 aromatic rings. The van der Waals surface area contributed by atoms with Crippen molar-refractivity contribution in [2.24, 2.45) is 0 Å². The van der Waals surface area contributed by atoms with Gasteiger partial charge in [0.05, 0.1) is 5.56 Å². The van der Waals surface area contributed by atoms with Crippen molar-refractivity contribution in [1.29, 1.82) is 0 Å². The van der Waals surface area contributed by atoms with E-state index in [2.05, 4.69) is 37.6 Å². The highest BCUT2D eigenvalue weighted by Gasteiger charge is 2.13. The molecular formula is C25H22BrN3O3. The number of carbonyl (C=O) groups is 2. The van der Waals surface area contributed by atoms with Crippen LogP contribution in [-0.4, -0.2) is 29.9 Å². The number of rotatable bonds is 8. The van der Waals surface area contributed by atoms with Crippen LogP contribution < -0.4 is 15.4 Å². The second kappa shape index (κ2) is 10.2. The molecule has 0 radical (unpaired) electrons. The quantitative estimate of drug-likeness (QED) is 0.327. The van der Waals surface area contributed by atoms with E-state index >= 15 is 0 Å². The topological polar surface area (TPSA) is 83.2 Å². The molecule has 4 rings (SSSR count). The Labute approximate surface area is 194 Å². The highest BCUT2D eigenvalue weighted by atomic mass is 79.9. The van der Waals surface area contributed by atoms with Crippen molar-refractivity contribution in [3.8, 4) is 5.75 Å². The normalized spacial score (nSPS) is 10.7. The Balaban J connectivity index is 1.32. The molecule has 0 bridgehead atoms. The number of fused-ring (bicyclic) bond motifs is 1. The molecule has 0 spiro atoms. The number of halogens is 1. The lowest BCUT2D eigenvalue weighted by atomic mass is 10.1. The highest BCUT2D eigenvalue weighted by Crippen LogP contribution is 2.20. The maximum Gasteiger partial charge on any atom is 0.262 e. The van der Waals surface area contributed by atoms with Crippen molar-refractivity contribution in [1.82, 2.24) is 10.3 Å². The molecule has 0 aliphatic heterocycles. The van der Waals surface area contributed by atoms with Gasteiger partial charge in [0.15, 0.2) is 6.61 Å². The van der Waals surface area contributed by atoms with Crippen LogP contribution in [0.25, 0.3) is 10.9 Å². The van der Waals surface area contributed by atoms with Gasteiger partial charge in [-0.2, -0.15) is 0 Å². The summed E-state index contributed by atoms with van der Waals surface area (Å²) >= 11 is 3.36. The molecule has 0 fully saturated rings. The third kappa shape index (κ3) is 5.36. The van der Waals surface area contributed by atoms with Gasteiger partial charge in [-0.15, -0.1) is 0 Å². The number of hydrogen-bond donors (Lipinski definition) is 3. The van der Waals surface area contributed by atoms with Crippen LogP contribution in [0.4, 0.5) is 5.69 Å². The van der Waals surface area contributed by atoms with E-state index in [9.17, 15) is 9.59 Å². The fourth-order valence-electron chi connectivity index (χ4n) is 3.40. The van der Waals surface area contributed by atoms with Crippen LogP contribution in [0.15, 0.2) is 83.5 Å². The number of ether oxygens (including phenoxy) is 1. The summed E-state index contributed by atoms with van der Waals surface area (Å²) in [4.78, 5) is 28.2. The average Bonchev–Trinajstić information content (AvgIpc) is 3.22. The molecule has 162 valence electrons. The maximum atomic E-state index is 12.7. The summed E-state index contributed by atoms with van der Waals surface area (Å²) in [6.07, 6.45) is 2.67. The molecule has 2 amide bonds. The van der Waals surface area contributed by atoms with Crippen molar-refractivity contribution in [3.63, 3.8) is 0 Å². The van der Waals surface area contributed by atoms with Gasteiger partial charge in [-0.1, -0.05) is 46.3 Å². The number of nitrogens with one attached hydrogen (secondary N) is 3. The van der Waals surface area contributed by atoms with Gasteiger partial charge in [0, 0.05) is 33.8 Å². The van der Waals surface area contributed by atoms with Crippen LogP contribution in [0.2, 0.25) is 0 Å². The lowest BCUT2D eigenvalue weighted by Gasteiger charge is -2.12. The molecule has 3 N–H and O–H groups in total. The van der Waals surface area contributed by atoms with Crippen LogP contribution >= 0.6 is 15.9 Å². The molecule has 6 nitrogen and oxygen atoms in total. The Morgan fingerprint density at radius 2 is 1.69 bits per heavy atom. The molecule has 3 aromatic carbocycles. The predicted octanol–water partition coefficient (Wildman–Crippen LogP) is 4.92. The lowest BCUT2D eigenvalue weighted by molar-refractivity contribution is -0.118. The number of hydrogen-bond acceptors (Lipinski definition) is 3. The molecule has 1 heterocycles. The molecular weight excluding hydrogens is 470 g/mol. The Morgan fingerprint density at radius 1 is 0.938 bits per heavy atom. The fraction of sp³-hybridized carbons (Fsp3) is 0.120. The molecule has 0 saturated heterocycles. The number of H-pyrrole nitrogens is 1. The molecule has 0 aliphatic carbocycles. The van der Waals surface area contributed by atoms with Gasteiger partial charge < -0.3 is 20.4 Å². The van der Waals surface area contributed by atoms with Gasteiger partial charge in [-0.25, -0.2) is 0 Å². The largest absolute Gasteiger partial charge is 0.483 e. The number of amides is 2. The SMILES string of the molecule is O=C(COc1ccccc1C(=O)NCCc1c[nH]c2ccccc12)Nc1ccc(Br)cc1. The van der Waals surface area contributed by atoms with Crippen molar-refractivity contribution in [2.45, 2.75) is 6.42 Å². The van der Waals surface area contributed by atoms with Crippen LogP contribution in [-0.2, 0) is 11.2 Å². The van der Waals surface area contributed by atoms with Gasteiger partial charge in [-0.05, 0) is 54.4 Å². The summed E-state index contributed by atoms with van der Waals surface area (Å²) in [5.41, 5.74) is 3.29. The summed E-state index contributed by atoms with van der Waals surface area (Å²) in [7, 11) is 0. The zero-order valence-electron chi connectivity index (χ0n) is 17.2. The van der Waals surface area contributed by atoms with E-state index in [1.54, 1.807) is 36.4 Å². The first-order chi connectivity index (χ1) is 15.6. The molecule has 7 heteroatoms.